The molecule has 1 aromatic rings. The van der Waals surface area contributed by atoms with Crippen LogP contribution in [0.1, 0.15) is 78.1 Å². The molecule has 1 unspecified atom stereocenters. The van der Waals surface area contributed by atoms with Gasteiger partial charge in [0.2, 0.25) is 0 Å². The lowest BCUT2D eigenvalue weighted by Crippen LogP contribution is -2.26. The fraction of sp³-hybridized carbons (Fsp3) is 0.667. The largest absolute Gasteiger partial charge is 0.508 e. The maximum Gasteiger partial charge on any atom is 0.347 e. The van der Waals surface area contributed by atoms with E-state index in [4.69, 9.17) is 9.47 Å². The minimum Gasteiger partial charge on any atom is -0.508 e. The van der Waals surface area contributed by atoms with Gasteiger partial charge < -0.3 is 14.6 Å². The van der Waals surface area contributed by atoms with E-state index < -0.39 is 6.10 Å². The van der Waals surface area contributed by atoms with Crippen LogP contribution in [-0.2, 0) is 9.53 Å². The lowest BCUT2D eigenvalue weighted by Gasteiger charge is -2.14. The summed E-state index contributed by atoms with van der Waals surface area (Å²) in [7, 11) is 0. The summed E-state index contributed by atoms with van der Waals surface area (Å²) in [5.41, 5.74) is 0. The van der Waals surface area contributed by atoms with Gasteiger partial charge in [0.1, 0.15) is 11.5 Å². The number of ether oxygens (including phenoxy) is 2. The molecule has 1 aromatic carbocycles. The summed E-state index contributed by atoms with van der Waals surface area (Å²) in [5.74, 6) is 0.214. The maximum absolute atomic E-state index is 11.9. The normalized spacial score (nSPS) is 11.9. The lowest BCUT2D eigenvalue weighted by molar-refractivity contribution is -0.151. The number of aromatic hydroxyl groups is 1. The summed E-state index contributed by atoms with van der Waals surface area (Å²) in [6, 6.07) is 6.41. The first kappa shape index (κ1) is 21.3. The zero-order valence-electron chi connectivity index (χ0n) is 15.8. The molecule has 0 heterocycles. The van der Waals surface area contributed by atoms with Crippen molar-refractivity contribution in [1.82, 2.24) is 0 Å². The van der Waals surface area contributed by atoms with E-state index in [0.29, 0.717) is 12.4 Å². The molecule has 0 radical (unpaired) electrons. The van der Waals surface area contributed by atoms with Crippen molar-refractivity contribution in [2.75, 3.05) is 6.61 Å². The topological polar surface area (TPSA) is 55.8 Å². The Morgan fingerprint density at radius 1 is 1.00 bits per heavy atom. The van der Waals surface area contributed by atoms with Crippen molar-refractivity contribution in [2.45, 2.75) is 84.2 Å². The summed E-state index contributed by atoms with van der Waals surface area (Å²) in [6.45, 7) is 4.35. The minimum absolute atomic E-state index is 0.114. The number of phenolic OH excluding ortho intramolecular Hbond substituents is 1. The van der Waals surface area contributed by atoms with Crippen molar-refractivity contribution in [3.63, 3.8) is 0 Å². The van der Waals surface area contributed by atoms with Crippen LogP contribution in [0.15, 0.2) is 24.3 Å². The van der Waals surface area contributed by atoms with Gasteiger partial charge in [-0.15, -0.1) is 0 Å². The molecule has 4 nitrogen and oxygen atoms in total. The molecule has 0 saturated heterocycles. The molecule has 0 aliphatic heterocycles. The van der Waals surface area contributed by atoms with Gasteiger partial charge in [-0.25, -0.2) is 4.79 Å². The highest BCUT2D eigenvalue weighted by atomic mass is 16.6. The predicted molar refractivity (Wildman–Crippen MR) is 101 cm³/mol. The van der Waals surface area contributed by atoms with Crippen LogP contribution in [0.3, 0.4) is 0 Å². The fourth-order valence-electron chi connectivity index (χ4n) is 2.69. The molecule has 1 N–H and O–H groups in total. The van der Waals surface area contributed by atoms with Gasteiger partial charge in [-0.1, -0.05) is 70.8 Å². The summed E-state index contributed by atoms with van der Waals surface area (Å²) >= 11 is 0. The van der Waals surface area contributed by atoms with Crippen LogP contribution in [0.4, 0.5) is 0 Å². The molecule has 0 bridgehead atoms. The van der Waals surface area contributed by atoms with Gasteiger partial charge in [0.15, 0.2) is 6.10 Å². The first-order valence-electron chi connectivity index (χ1n) is 9.75. The first-order chi connectivity index (χ1) is 12.1. The van der Waals surface area contributed by atoms with Crippen molar-refractivity contribution in [3.05, 3.63) is 24.3 Å². The van der Waals surface area contributed by atoms with Gasteiger partial charge in [0, 0.05) is 6.07 Å². The Bertz CT molecular complexity index is 473. The molecule has 0 saturated carbocycles. The standard InChI is InChI=1S/C21H34O4/c1-3-4-5-6-7-8-9-10-11-12-16-24-21(23)18(2)25-20-15-13-14-19(22)17-20/h13-15,17-18,22H,3-12,16H2,1-2H3. The van der Waals surface area contributed by atoms with Crippen LogP contribution in [0.5, 0.6) is 11.5 Å². The van der Waals surface area contributed by atoms with Crippen molar-refractivity contribution in [3.8, 4) is 11.5 Å². The average molecular weight is 350 g/mol. The molecule has 0 fully saturated rings. The SMILES string of the molecule is CCCCCCCCCCCCOC(=O)C(C)Oc1cccc(O)c1. The number of esters is 1. The number of carbonyl (C=O) groups excluding carboxylic acids is 1. The Morgan fingerprint density at radius 3 is 2.20 bits per heavy atom. The number of rotatable bonds is 14. The van der Waals surface area contributed by atoms with E-state index >= 15 is 0 Å². The van der Waals surface area contributed by atoms with E-state index in [1.807, 2.05) is 0 Å². The second-order valence-corrected chi connectivity index (χ2v) is 6.61. The third kappa shape index (κ3) is 10.7. The summed E-state index contributed by atoms with van der Waals surface area (Å²) < 4.78 is 10.7. The van der Waals surface area contributed by atoms with Gasteiger partial charge >= 0.3 is 5.97 Å². The number of carbonyl (C=O) groups is 1. The third-order valence-corrected chi connectivity index (χ3v) is 4.20. The maximum atomic E-state index is 11.9. The van der Waals surface area contributed by atoms with Crippen molar-refractivity contribution in [2.24, 2.45) is 0 Å². The van der Waals surface area contributed by atoms with Crippen molar-refractivity contribution in [1.29, 1.82) is 0 Å². The second-order valence-electron chi connectivity index (χ2n) is 6.61. The highest BCUT2D eigenvalue weighted by molar-refractivity contribution is 5.74. The zero-order valence-corrected chi connectivity index (χ0v) is 15.8. The predicted octanol–water partition coefficient (Wildman–Crippen LogP) is 5.62. The quantitative estimate of drug-likeness (QED) is 0.349. The van der Waals surface area contributed by atoms with Gasteiger partial charge in [-0.05, 0) is 25.5 Å². The number of hydrogen-bond acceptors (Lipinski definition) is 4. The van der Waals surface area contributed by atoms with Crippen LogP contribution in [0, 0.1) is 0 Å². The zero-order chi connectivity index (χ0) is 18.3. The molecule has 4 heteroatoms. The second kappa shape index (κ2) is 13.6. The Balaban J connectivity index is 1.99. The number of benzene rings is 1. The van der Waals surface area contributed by atoms with E-state index in [1.54, 1.807) is 25.1 Å². The molecule has 0 aliphatic carbocycles. The van der Waals surface area contributed by atoms with Gasteiger partial charge in [-0.2, -0.15) is 0 Å². The highest BCUT2D eigenvalue weighted by Gasteiger charge is 2.16. The smallest absolute Gasteiger partial charge is 0.347 e. The van der Waals surface area contributed by atoms with Crippen LogP contribution < -0.4 is 4.74 Å². The molecule has 1 rings (SSSR count). The average Bonchev–Trinajstić information content (AvgIpc) is 2.59. The number of phenols is 1. The Kier molecular flexibility index (Phi) is 11.6. The van der Waals surface area contributed by atoms with E-state index in [9.17, 15) is 9.90 Å². The Hall–Kier alpha value is -1.71. The van der Waals surface area contributed by atoms with Crippen molar-refractivity contribution < 1.29 is 19.4 Å². The molecule has 142 valence electrons. The van der Waals surface area contributed by atoms with E-state index in [-0.39, 0.29) is 11.7 Å². The fourth-order valence-corrected chi connectivity index (χ4v) is 2.69. The van der Waals surface area contributed by atoms with Crippen LogP contribution >= 0.6 is 0 Å². The molecule has 25 heavy (non-hydrogen) atoms. The van der Waals surface area contributed by atoms with Crippen LogP contribution in [0.2, 0.25) is 0 Å². The van der Waals surface area contributed by atoms with Gasteiger partial charge in [0.05, 0.1) is 6.61 Å². The molecular weight excluding hydrogens is 316 g/mol. The third-order valence-electron chi connectivity index (χ3n) is 4.20. The Morgan fingerprint density at radius 2 is 1.60 bits per heavy atom. The molecule has 0 aromatic heterocycles. The van der Waals surface area contributed by atoms with Crippen LogP contribution in [-0.4, -0.2) is 23.8 Å². The van der Waals surface area contributed by atoms with E-state index in [2.05, 4.69) is 6.92 Å². The van der Waals surface area contributed by atoms with E-state index in [0.717, 1.165) is 12.8 Å². The molecule has 0 spiro atoms. The lowest BCUT2D eigenvalue weighted by atomic mass is 10.1. The Labute approximate surface area is 152 Å². The summed E-state index contributed by atoms with van der Waals surface area (Å²) in [4.78, 5) is 11.9. The van der Waals surface area contributed by atoms with Crippen LogP contribution in [0.25, 0.3) is 0 Å². The van der Waals surface area contributed by atoms with Gasteiger partial charge in [-0.3, -0.25) is 0 Å². The minimum atomic E-state index is -0.676. The van der Waals surface area contributed by atoms with Crippen molar-refractivity contribution >= 4 is 5.97 Å². The van der Waals surface area contributed by atoms with Gasteiger partial charge in [0.25, 0.3) is 0 Å². The number of hydrogen-bond donors (Lipinski definition) is 1. The highest BCUT2D eigenvalue weighted by Crippen LogP contribution is 2.19. The van der Waals surface area contributed by atoms with E-state index in [1.165, 1.54) is 57.4 Å². The summed E-state index contributed by atoms with van der Waals surface area (Å²) in [5, 5.41) is 9.38. The summed E-state index contributed by atoms with van der Waals surface area (Å²) in [6.07, 6.45) is 11.9. The molecule has 1 atom stereocenters. The first-order valence-corrected chi connectivity index (χ1v) is 9.75. The molecule has 0 amide bonds. The molecule has 0 aliphatic rings. The monoisotopic (exact) mass is 350 g/mol. The number of unbranched alkanes of at least 4 members (excludes halogenated alkanes) is 9. The molecular formula is C21H34O4.